The number of sulfonamides is 1. The maximum absolute atomic E-state index is 12.5. The maximum Gasteiger partial charge on any atom is 0.262 e. The topological polar surface area (TPSA) is 75.7 Å². The van der Waals surface area contributed by atoms with Crippen LogP contribution in [0, 0.1) is 6.92 Å². The summed E-state index contributed by atoms with van der Waals surface area (Å²) in [7, 11) is -3.60. The molecule has 2 aromatic carbocycles. The molecule has 1 amide bonds. The zero-order valence-electron chi connectivity index (χ0n) is 15.5. The number of benzene rings is 2. The molecular formula is C19H23ClN2O4S. The molecule has 1 N–H and O–H groups in total. The van der Waals surface area contributed by atoms with E-state index in [0.29, 0.717) is 18.8 Å². The highest BCUT2D eigenvalue weighted by Crippen LogP contribution is 2.28. The van der Waals surface area contributed by atoms with Gasteiger partial charge in [-0.15, -0.1) is 0 Å². The Hall–Kier alpha value is -2.09. The monoisotopic (exact) mass is 410 g/mol. The molecule has 146 valence electrons. The number of nitrogens with zero attached hydrogens (tertiary/aromatic N) is 1. The Morgan fingerprint density at radius 1 is 1.15 bits per heavy atom. The number of rotatable bonds is 8. The molecular weight excluding hydrogens is 388 g/mol. The van der Waals surface area contributed by atoms with Crippen LogP contribution in [0.5, 0.6) is 5.75 Å². The highest BCUT2D eigenvalue weighted by atomic mass is 35.5. The van der Waals surface area contributed by atoms with E-state index in [1.165, 1.54) is 22.5 Å². The minimum absolute atomic E-state index is 0.0905. The summed E-state index contributed by atoms with van der Waals surface area (Å²) in [6.07, 6.45) is 0. The maximum atomic E-state index is 12.5. The number of carbonyl (C=O) groups excluding carboxylic acids is 1. The first kappa shape index (κ1) is 21.2. The molecule has 0 aliphatic carbocycles. The molecule has 0 aliphatic rings. The van der Waals surface area contributed by atoms with Crippen molar-refractivity contribution in [2.45, 2.75) is 25.7 Å². The minimum Gasteiger partial charge on any atom is -0.482 e. The van der Waals surface area contributed by atoms with Crippen molar-refractivity contribution in [2.75, 3.05) is 25.0 Å². The molecule has 0 aliphatic heterocycles. The third kappa shape index (κ3) is 5.45. The van der Waals surface area contributed by atoms with E-state index in [9.17, 15) is 13.2 Å². The smallest absolute Gasteiger partial charge is 0.262 e. The third-order valence-electron chi connectivity index (χ3n) is 3.91. The summed E-state index contributed by atoms with van der Waals surface area (Å²) in [4.78, 5) is 12.1. The van der Waals surface area contributed by atoms with Crippen LogP contribution in [0.1, 0.15) is 19.4 Å². The van der Waals surface area contributed by atoms with Crippen molar-refractivity contribution >= 4 is 33.2 Å². The molecule has 0 unspecified atom stereocenters. The minimum atomic E-state index is -3.60. The van der Waals surface area contributed by atoms with Gasteiger partial charge in [-0.25, -0.2) is 8.42 Å². The van der Waals surface area contributed by atoms with Gasteiger partial charge in [0.2, 0.25) is 10.0 Å². The van der Waals surface area contributed by atoms with Crippen molar-refractivity contribution in [1.29, 1.82) is 0 Å². The first-order valence-corrected chi connectivity index (χ1v) is 10.4. The number of halogens is 1. The van der Waals surface area contributed by atoms with E-state index in [2.05, 4.69) is 5.32 Å². The van der Waals surface area contributed by atoms with E-state index >= 15 is 0 Å². The Kier molecular flexibility index (Phi) is 7.24. The van der Waals surface area contributed by atoms with Crippen LogP contribution in [0.2, 0.25) is 5.02 Å². The Morgan fingerprint density at radius 3 is 2.44 bits per heavy atom. The van der Waals surface area contributed by atoms with Gasteiger partial charge in [-0.05, 0) is 42.8 Å². The van der Waals surface area contributed by atoms with Crippen molar-refractivity contribution in [3.05, 3.63) is 53.1 Å². The predicted molar refractivity (Wildman–Crippen MR) is 107 cm³/mol. The van der Waals surface area contributed by atoms with Gasteiger partial charge in [-0.2, -0.15) is 4.31 Å². The Bertz CT molecular complexity index is 912. The van der Waals surface area contributed by atoms with Gasteiger partial charge in [0, 0.05) is 18.8 Å². The van der Waals surface area contributed by atoms with E-state index < -0.39 is 10.0 Å². The number of amides is 1. The van der Waals surface area contributed by atoms with Gasteiger partial charge >= 0.3 is 0 Å². The van der Waals surface area contributed by atoms with Gasteiger partial charge in [-0.1, -0.05) is 37.6 Å². The Morgan fingerprint density at radius 2 is 1.85 bits per heavy atom. The summed E-state index contributed by atoms with van der Waals surface area (Å²) in [5.41, 5.74) is 1.71. The first-order valence-electron chi connectivity index (χ1n) is 8.57. The molecule has 0 spiro atoms. The molecule has 6 nitrogen and oxygen atoms in total. The van der Waals surface area contributed by atoms with Crippen LogP contribution in [0.15, 0.2) is 47.4 Å². The Balaban J connectivity index is 2.05. The van der Waals surface area contributed by atoms with E-state index in [1.807, 2.05) is 25.1 Å². The molecule has 0 heterocycles. The summed E-state index contributed by atoms with van der Waals surface area (Å²) >= 11 is 6.15. The van der Waals surface area contributed by atoms with E-state index in [-0.39, 0.29) is 28.2 Å². The fraction of sp³-hybridized carbons (Fsp3) is 0.316. The molecule has 0 atom stereocenters. The molecule has 0 saturated carbocycles. The van der Waals surface area contributed by atoms with Gasteiger partial charge in [0.15, 0.2) is 6.61 Å². The highest BCUT2D eigenvalue weighted by Gasteiger charge is 2.22. The number of anilines is 1. The average Bonchev–Trinajstić information content (AvgIpc) is 2.61. The molecule has 27 heavy (non-hydrogen) atoms. The van der Waals surface area contributed by atoms with Crippen LogP contribution in [0.25, 0.3) is 0 Å². The summed E-state index contributed by atoms with van der Waals surface area (Å²) in [5, 5.41) is 2.86. The van der Waals surface area contributed by atoms with Crippen molar-refractivity contribution < 1.29 is 17.9 Å². The van der Waals surface area contributed by atoms with Crippen LogP contribution >= 0.6 is 11.6 Å². The van der Waals surface area contributed by atoms with Crippen molar-refractivity contribution in [2.24, 2.45) is 0 Å². The summed E-state index contributed by atoms with van der Waals surface area (Å²) in [6.45, 7) is 5.97. The normalized spacial score (nSPS) is 11.4. The van der Waals surface area contributed by atoms with Gasteiger partial charge in [0.25, 0.3) is 5.91 Å². The molecule has 8 heteroatoms. The number of hydrogen-bond acceptors (Lipinski definition) is 4. The number of nitrogens with one attached hydrogen (secondary N) is 1. The standard InChI is InChI=1S/C19H23ClN2O4S/c1-4-22(5-2)27(24,25)16-9-10-18(17(20)12-16)26-13-19(23)21-15-8-6-7-14(3)11-15/h6-12H,4-5,13H2,1-3H3,(H,21,23). The van der Waals surface area contributed by atoms with Crippen molar-refractivity contribution in [1.82, 2.24) is 4.31 Å². The lowest BCUT2D eigenvalue weighted by Crippen LogP contribution is -2.30. The largest absolute Gasteiger partial charge is 0.482 e. The zero-order valence-corrected chi connectivity index (χ0v) is 17.1. The lowest BCUT2D eigenvalue weighted by atomic mass is 10.2. The van der Waals surface area contributed by atoms with Crippen LogP contribution in [0.3, 0.4) is 0 Å². The fourth-order valence-corrected chi connectivity index (χ4v) is 4.32. The highest BCUT2D eigenvalue weighted by molar-refractivity contribution is 7.89. The predicted octanol–water partition coefficient (Wildman–Crippen LogP) is 3.70. The lowest BCUT2D eigenvalue weighted by Gasteiger charge is -2.19. The van der Waals surface area contributed by atoms with Gasteiger partial charge in [-0.3, -0.25) is 4.79 Å². The van der Waals surface area contributed by atoms with Gasteiger partial charge < -0.3 is 10.1 Å². The van der Waals surface area contributed by atoms with Crippen LogP contribution in [0.4, 0.5) is 5.69 Å². The van der Waals surface area contributed by atoms with E-state index in [4.69, 9.17) is 16.3 Å². The first-order chi connectivity index (χ1) is 12.8. The molecule has 2 rings (SSSR count). The quantitative estimate of drug-likeness (QED) is 0.720. The SMILES string of the molecule is CCN(CC)S(=O)(=O)c1ccc(OCC(=O)Nc2cccc(C)c2)c(Cl)c1. The summed E-state index contributed by atoms with van der Waals surface area (Å²) in [5.74, 6) is -0.0916. The summed E-state index contributed by atoms with van der Waals surface area (Å²) < 4.78 is 31.8. The second-order valence-electron chi connectivity index (χ2n) is 5.89. The third-order valence-corrected chi connectivity index (χ3v) is 6.25. The van der Waals surface area contributed by atoms with Crippen LogP contribution in [-0.4, -0.2) is 38.3 Å². The molecule has 0 saturated heterocycles. The number of carbonyl (C=O) groups is 1. The van der Waals surface area contributed by atoms with Crippen LogP contribution < -0.4 is 10.1 Å². The number of hydrogen-bond donors (Lipinski definition) is 1. The van der Waals surface area contributed by atoms with Crippen LogP contribution in [-0.2, 0) is 14.8 Å². The molecule has 0 aromatic heterocycles. The Labute approximate surface area is 165 Å². The van der Waals surface area contributed by atoms with Gasteiger partial charge in [0.1, 0.15) is 5.75 Å². The molecule has 0 fully saturated rings. The van der Waals surface area contributed by atoms with E-state index in [0.717, 1.165) is 5.56 Å². The average molecular weight is 411 g/mol. The fourth-order valence-electron chi connectivity index (χ4n) is 2.53. The van der Waals surface area contributed by atoms with E-state index in [1.54, 1.807) is 19.9 Å². The van der Waals surface area contributed by atoms with Gasteiger partial charge in [0.05, 0.1) is 9.92 Å². The number of aryl methyl sites for hydroxylation is 1. The molecule has 2 aromatic rings. The second kappa shape index (κ2) is 9.21. The molecule has 0 bridgehead atoms. The van der Waals surface area contributed by atoms with Crippen molar-refractivity contribution in [3.63, 3.8) is 0 Å². The zero-order chi connectivity index (χ0) is 20.0. The second-order valence-corrected chi connectivity index (χ2v) is 8.23. The lowest BCUT2D eigenvalue weighted by molar-refractivity contribution is -0.118. The van der Waals surface area contributed by atoms with Crippen molar-refractivity contribution in [3.8, 4) is 5.75 Å². The summed E-state index contributed by atoms with van der Waals surface area (Å²) in [6, 6.07) is 11.6. The number of ether oxygens (including phenoxy) is 1. The molecule has 0 radical (unpaired) electrons.